The van der Waals surface area contributed by atoms with Crippen molar-refractivity contribution in [1.82, 2.24) is 15.3 Å². The maximum Gasteiger partial charge on any atom is 0.223 e. The molecule has 160 valence electrons. The van der Waals surface area contributed by atoms with Crippen LogP contribution in [0.3, 0.4) is 0 Å². The lowest BCUT2D eigenvalue weighted by atomic mass is 9.92. The average molecular weight is 429 g/mol. The van der Waals surface area contributed by atoms with E-state index in [-0.39, 0.29) is 18.4 Å². The van der Waals surface area contributed by atoms with Gasteiger partial charge in [-0.3, -0.25) is 9.78 Å². The molecule has 0 bridgehead atoms. The maximum absolute atomic E-state index is 12.8. The SMILES string of the molecule is Cc1cccnc1-c1cc(N2CCC(C(=O)NC3(CO)CCCC3)CC2)ncc1Cl. The molecule has 1 amide bonds. The highest BCUT2D eigenvalue weighted by Crippen LogP contribution is 2.33. The Kier molecular flexibility index (Phi) is 6.25. The summed E-state index contributed by atoms with van der Waals surface area (Å²) in [6.45, 7) is 3.58. The first-order valence-corrected chi connectivity index (χ1v) is 11.1. The standard InChI is InChI=1S/C23H29ClN4O2/c1-16-5-4-10-25-21(16)18-13-20(26-14-19(18)24)28-11-6-17(7-12-28)22(30)27-23(15-29)8-2-3-9-23/h4-5,10,13-14,17,29H,2-3,6-9,11-12,15H2,1H3,(H,27,30). The Labute approximate surface area is 182 Å². The van der Waals surface area contributed by atoms with Crippen LogP contribution in [-0.2, 0) is 4.79 Å². The van der Waals surface area contributed by atoms with Crippen LogP contribution in [0.25, 0.3) is 11.3 Å². The zero-order chi connectivity index (χ0) is 21.1. The van der Waals surface area contributed by atoms with Gasteiger partial charge < -0.3 is 15.3 Å². The fourth-order valence-electron chi connectivity index (χ4n) is 4.66. The molecule has 30 heavy (non-hydrogen) atoms. The molecule has 2 aliphatic rings. The van der Waals surface area contributed by atoms with Crippen LogP contribution < -0.4 is 10.2 Å². The van der Waals surface area contributed by atoms with Crippen molar-refractivity contribution >= 4 is 23.3 Å². The van der Waals surface area contributed by atoms with E-state index >= 15 is 0 Å². The number of aliphatic hydroxyl groups is 1. The van der Waals surface area contributed by atoms with Crippen LogP contribution in [0, 0.1) is 12.8 Å². The van der Waals surface area contributed by atoms with Gasteiger partial charge in [-0.05, 0) is 50.3 Å². The number of hydrogen-bond donors (Lipinski definition) is 2. The summed E-state index contributed by atoms with van der Waals surface area (Å²) in [7, 11) is 0. The van der Waals surface area contributed by atoms with Crippen LogP contribution in [0.15, 0.2) is 30.6 Å². The first kappa shape index (κ1) is 21.1. The molecule has 1 saturated heterocycles. The lowest BCUT2D eigenvalue weighted by Gasteiger charge is -2.35. The fraction of sp³-hybridized carbons (Fsp3) is 0.522. The summed E-state index contributed by atoms with van der Waals surface area (Å²) in [5.41, 5.74) is 2.41. The molecule has 1 saturated carbocycles. The zero-order valence-corrected chi connectivity index (χ0v) is 18.2. The summed E-state index contributed by atoms with van der Waals surface area (Å²) in [4.78, 5) is 24.0. The van der Waals surface area contributed by atoms with Crippen LogP contribution in [0.1, 0.15) is 44.1 Å². The molecule has 1 aliphatic heterocycles. The van der Waals surface area contributed by atoms with Crippen molar-refractivity contribution in [2.24, 2.45) is 5.92 Å². The molecule has 0 radical (unpaired) electrons. The van der Waals surface area contributed by atoms with Crippen molar-refractivity contribution in [3.05, 3.63) is 41.2 Å². The fourth-order valence-corrected chi connectivity index (χ4v) is 4.85. The number of aromatic nitrogens is 2. The molecule has 7 heteroatoms. The smallest absolute Gasteiger partial charge is 0.223 e. The molecule has 0 unspecified atom stereocenters. The lowest BCUT2D eigenvalue weighted by Crippen LogP contribution is -2.52. The van der Waals surface area contributed by atoms with E-state index in [4.69, 9.17) is 11.6 Å². The first-order valence-electron chi connectivity index (χ1n) is 10.8. The third kappa shape index (κ3) is 4.30. The normalized spacial score (nSPS) is 19.1. The molecule has 1 aliphatic carbocycles. The number of nitrogens with zero attached hydrogens (tertiary/aromatic N) is 3. The Hall–Kier alpha value is -2.18. The van der Waals surface area contributed by atoms with Crippen molar-refractivity contribution in [2.45, 2.75) is 51.0 Å². The largest absolute Gasteiger partial charge is 0.394 e. The van der Waals surface area contributed by atoms with Crippen molar-refractivity contribution in [3.8, 4) is 11.3 Å². The van der Waals surface area contributed by atoms with Crippen LogP contribution in [0.2, 0.25) is 5.02 Å². The average Bonchev–Trinajstić information content (AvgIpc) is 3.24. The Morgan fingerprint density at radius 3 is 2.70 bits per heavy atom. The highest BCUT2D eigenvalue weighted by atomic mass is 35.5. The van der Waals surface area contributed by atoms with Crippen LogP contribution in [0.4, 0.5) is 5.82 Å². The first-order chi connectivity index (χ1) is 14.5. The molecule has 6 nitrogen and oxygen atoms in total. The van der Waals surface area contributed by atoms with Gasteiger partial charge in [0.25, 0.3) is 0 Å². The van der Waals surface area contributed by atoms with Crippen LogP contribution >= 0.6 is 11.6 Å². The topological polar surface area (TPSA) is 78.4 Å². The number of hydrogen-bond acceptors (Lipinski definition) is 5. The van der Waals surface area contributed by atoms with E-state index < -0.39 is 5.54 Å². The van der Waals surface area contributed by atoms with Gasteiger partial charge in [-0.1, -0.05) is 30.5 Å². The molecule has 0 atom stereocenters. The number of halogens is 1. The molecular formula is C23H29ClN4O2. The van der Waals surface area contributed by atoms with E-state index in [0.29, 0.717) is 5.02 Å². The van der Waals surface area contributed by atoms with E-state index in [1.807, 2.05) is 25.1 Å². The summed E-state index contributed by atoms with van der Waals surface area (Å²) in [6.07, 6.45) is 8.89. The lowest BCUT2D eigenvalue weighted by molar-refractivity contribution is -0.128. The third-order valence-corrected chi connectivity index (χ3v) is 6.85. The summed E-state index contributed by atoms with van der Waals surface area (Å²) in [6, 6.07) is 5.93. The highest BCUT2D eigenvalue weighted by Gasteiger charge is 2.37. The third-order valence-electron chi connectivity index (χ3n) is 6.55. The number of amides is 1. The van der Waals surface area contributed by atoms with Gasteiger partial charge in [0.1, 0.15) is 5.82 Å². The minimum atomic E-state index is -0.401. The molecule has 3 heterocycles. The predicted octanol–water partition coefficient (Wildman–Crippen LogP) is 3.74. The number of rotatable bonds is 5. The van der Waals surface area contributed by atoms with E-state index in [1.165, 1.54) is 0 Å². The number of piperidine rings is 1. The number of carbonyl (C=O) groups is 1. The number of anilines is 1. The molecule has 0 aromatic carbocycles. The monoisotopic (exact) mass is 428 g/mol. The summed E-state index contributed by atoms with van der Waals surface area (Å²) in [5.74, 6) is 0.926. The second-order valence-electron chi connectivity index (χ2n) is 8.59. The molecule has 2 fully saturated rings. The van der Waals surface area contributed by atoms with Crippen molar-refractivity contribution in [2.75, 3.05) is 24.6 Å². The van der Waals surface area contributed by atoms with E-state index in [0.717, 1.165) is 74.3 Å². The second kappa shape index (κ2) is 8.90. The van der Waals surface area contributed by atoms with Gasteiger partial charge in [-0.15, -0.1) is 0 Å². The van der Waals surface area contributed by atoms with E-state index in [1.54, 1.807) is 12.4 Å². The van der Waals surface area contributed by atoms with Gasteiger partial charge >= 0.3 is 0 Å². The number of carbonyl (C=O) groups excluding carboxylic acids is 1. The van der Waals surface area contributed by atoms with Crippen LogP contribution in [0.5, 0.6) is 0 Å². The molecule has 2 aromatic heterocycles. The molecule has 2 N–H and O–H groups in total. The predicted molar refractivity (Wildman–Crippen MR) is 119 cm³/mol. The van der Waals surface area contributed by atoms with Gasteiger partial charge in [-0.2, -0.15) is 0 Å². The molecular weight excluding hydrogens is 400 g/mol. The molecule has 4 rings (SSSR count). The minimum absolute atomic E-state index is 0.0184. The number of pyridine rings is 2. The number of aryl methyl sites for hydroxylation is 1. The van der Waals surface area contributed by atoms with Gasteiger partial charge in [0.2, 0.25) is 5.91 Å². The minimum Gasteiger partial charge on any atom is -0.394 e. The van der Waals surface area contributed by atoms with Crippen molar-refractivity contribution < 1.29 is 9.90 Å². The summed E-state index contributed by atoms with van der Waals surface area (Å²) < 4.78 is 0. The quantitative estimate of drug-likeness (QED) is 0.758. The van der Waals surface area contributed by atoms with Gasteiger partial charge in [0.15, 0.2) is 0 Å². The van der Waals surface area contributed by atoms with Gasteiger partial charge in [-0.25, -0.2) is 4.98 Å². The van der Waals surface area contributed by atoms with Crippen molar-refractivity contribution in [3.63, 3.8) is 0 Å². The summed E-state index contributed by atoms with van der Waals surface area (Å²) in [5, 5.41) is 13.5. The Balaban J connectivity index is 1.43. The van der Waals surface area contributed by atoms with Gasteiger partial charge in [0, 0.05) is 37.0 Å². The highest BCUT2D eigenvalue weighted by molar-refractivity contribution is 6.33. The number of aliphatic hydroxyl groups excluding tert-OH is 1. The Morgan fingerprint density at radius 1 is 1.30 bits per heavy atom. The summed E-state index contributed by atoms with van der Waals surface area (Å²) >= 11 is 6.42. The zero-order valence-electron chi connectivity index (χ0n) is 17.4. The van der Waals surface area contributed by atoms with E-state index in [9.17, 15) is 9.90 Å². The molecule has 0 spiro atoms. The van der Waals surface area contributed by atoms with Crippen molar-refractivity contribution in [1.29, 1.82) is 0 Å². The molecule has 2 aromatic rings. The maximum atomic E-state index is 12.8. The Morgan fingerprint density at radius 2 is 2.03 bits per heavy atom. The van der Waals surface area contributed by atoms with Gasteiger partial charge in [0.05, 0.1) is 22.9 Å². The second-order valence-corrected chi connectivity index (χ2v) is 8.99. The van der Waals surface area contributed by atoms with Crippen LogP contribution in [-0.4, -0.2) is 46.2 Å². The number of nitrogens with one attached hydrogen (secondary N) is 1. The Bertz CT molecular complexity index is 906. The van der Waals surface area contributed by atoms with E-state index in [2.05, 4.69) is 20.2 Å².